The minimum atomic E-state index is -3.62. The average Bonchev–Trinajstić information content (AvgIpc) is 2.40. The summed E-state index contributed by atoms with van der Waals surface area (Å²) in [5, 5.41) is 12.0. The van der Waals surface area contributed by atoms with Gasteiger partial charge >= 0.3 is 0 Å². The number of nitrogens with one attached hydrogen (secondary N) is 1. The van der Waals surface area contributed by atoms with Crippen LogP contribution in [0.2, 0.25) is 5.02 Å². The minimum absolute atomic E-state index is 0.00474. The molecule has 0 bridgehead atoms. The van der Waals surface area contributed by atoms with Crippen molar-refractivity contribution in [3.8, 4) is 6.07 Å². The smallest absolute Gasteiger partial charge is 0.244 e. The lowest BCUT2D eigenvalue weighted by atomic mass is 10.2. The van der Waals surface area contributed by atoms with E-state index in [0.29, 0.717) is 26.2 Å². The second-order valence-corrected chi connectivity index (χ2v) is 6.22. The molecule has 1 fully saturated rings. The first kappa shape index (κ1) is 13.3. The Morgan fingerprint density at radius 3 is 2.61 bits per heavy atom. The Balaban J connectivity index is 2.43. The molecule has 0 radical (unpaired) electrons. The number of sulfonamides is 1. The Bertz CT molecular complexity index is 589. The van der Waals surface area contributed by atoms with Crippen LogP contribution >= 0.6 is 11.6 Å². The van der Waals surface area contributed by atoms with E-state index >= 15 is 0 Å². The molecule has 0 aliphatic carbocycles. The van der Waals surface area contributed by atoms with E-state index in [2.05, 4.69) is 5.32 Å². The monoisotopic (exact) mass is 285 g/mol. The number of piperazine rings is 1. The topological polar surface area (TPSA) is 73.2 Å². The predicted molar refractivity (Wildman–Crippen MR) is 67.8 cm³/mol. The maximum atomic E-state index is 12.4. The van der Waals surface area contributed by atoms with Crippen molar-refractivity contribution in [3.05, 3.63) is 28.8 Å². The number of rotatable bonds is 2. The number of benzene rings is 1. The fourth-order valence-electron chi connectivity index (χ4n) is 1.79. The summed E-state index contributed by atoms with van der Waals surface area (Å²) in [5.41, 5.74) is 0.285. The van der Waals surface area contributed by atoms with Crippen molar-refractivity contribution in [1.82, 2.24) is 9.62 Å². The van der Waals surface area contributed by atoms with Gasteiger partial charge in [-0.25, -0.2) is 8.42 Å². The lowest BCUT2D eigenvalue weighted by molar-refractivity contribution is 0.360. The first-order valence-electron chi connectivity index (χ1n) is 5.46. The Morgan fingerprint density at radius 1 is 1.33 bits per heavy atom. The van der Waals surface area contributed by atoms with Gasteiger partial charge in [0.05, 0.1) is 16.7 Å². The zero-order valence-electron chi connectivity index (χ0n) is 9.56. The van der Waals surface area contributed by atoms with E-state index in [1.54, 1.807) is 0 Å². The van der Waals surface area contributed by atoms with Crippen LogP contribution in [0.1, 0.15) is 5.56 Å². The minimum Gasteiger partial charge on any atom is -0.314 e. The molecule has 18 heavy (non-hydrogen) atoms. The molecule has 1 aliphatic rings. The summed E-state index contributed by atoms with van der Waals surface area (Å²) >= 11 is 5.93. The van der Waals surface area contributed by atoms with Gasteiger partial charge in [-0.3, -0.25) is 0 Å². The lowest BCUT2D eigenvalue weighted by Crippen LogP contribution is -2.46. The van der Waals surface area contributed by atoms with Gasteiger partial charge in [0.15, 0.2) is 0 Å². The van der Waals surface area contributed by atoms with E-state index in [4.69, 9.17) is 16.9 Å². The summed E-state index contributed by atoms with van der Waals surface area (Å²) in [6.07, 6.45) is 0. The third-order valence-corrected chi connectivity index (χ3v) is 5.13. The van der Waals surface area contributed by atoms with Crippen LogP contribution in [-0.4, -0.2) is 38.9 Å². The van der Waals surface area contributed by atoms with E-state index in [1.165, 1.54) is 22.5 Å². The van der Waals surface area contributed by atoms with Gasteiger partial charge in [-0.1, -0.05) is 11.6 Å². The maximum absolute atomic E-state index is 12.4. The van der Waals surface area contributed by atoms with Crippen LogP contribution in [-0.2, 0) is 10.0 Å². The summed E-state index contributed by atoms with van der Waals surface area (Å²) in [7, 11) is -3.62. The lowest BCUT2D eigenvalue weighted by Gasteiger charge is -2.26. The molecule has 1 aromatic rings. The normalized spacial score (nSPS) is 17.3. The molecule has 0 amide bonds. The molecule has 96 valence electrons. The second-order valence-electron chi connectivity index (χ2n) is 3.91. The number of nitriles is 1. The Morgan fingerprint density at radius 2 is 2.00 bits per heavy atom. The zero-order valence-corrected chi connectivity index (χ0v) is 11.1. The summed E-state index contributed by atoms with van der Waals surface area (Å²) in [5.74, 6) is 0. The van der Waals surface area contributed by atoms with E-state index < -0.39 is 10.0 Å². The highest BCUT2D eigenvalue weighted by molar-refractivity contribution is 7.89. The Hall–Kier alpha value is -1.13. The van der Waals surface area contributed by atoms with Crippen LogP contribution in [0, 0.1) is 11.3 Å². The van der Waals surface area contributed by atoms with Crippen molar-refractivity contribution < 1.29 is 8.42 Å². The van der Waals surface area contributed by atoms with Crippen LogP contribution < -0.4 is 5.32 Å². The second kappa shape index (κ2) is 5.24. The molecule has 5 nitrogen and oxygen atoms in total. The van der Waals surface area contributed by atoms with E-state index in [0.717, 1.165) is 0 Å². The van der Waals surface area contributed by atoms with Crippen LogP contribution in [0.3, 0.4) is 0 Å². The molecule has 1 N–H and O–H groups in total. The highest BCUT2D eigenvalue weighted by Crippen LogP contribution is 2.25. The average molecular weight is 286 g/mol. The van der Waals surface area contributed by atoms with Crippen LogP contribution in [0.25, 0.3) is 0 Å². The fraction of sp³-hybridized carbons (Fsp3) is 0.364. The number of halogens is 1. The molecule has 2 rings (SSSR count). The molecule has 1 aliphatic heterocycles. The molecule has 1 saturated heterocycles. The third kappa shape index (κ3) is 2.49. The Kier molecular flexibility index (Phi) is 3.88. The highest BCUT2D eigenvalue weighted by atomic mass is 35.5. The summed E-state index contributed by atoms with van der Waals surface area (Å²) < 4.78 is 26.1. The molecule has 1 heterocycles. The van der Waals surface area contributed by atoms with Gasteiger partial charge in [0.1, 0.15) is 4.90 Å². The van der Waals surface area contributed by atoms with Gasteiger partial charge in [-0.05, 0) is 18.2 Å². The molecule has 0 aromatic heterocycles. The first-order valence-corrected chi connectivity index (χ1v) is 7.28. The zero-order chi connectivity index (χ0) is 13.2. The predicted octanol–water partition coefficient (Wildman–Crippen LogP) is 0.806. The van der Waals surface area contributed by atoms with Crippen LogP contribution in [0.4, 0.5) is 0 Å². The number of hydrogen-bond acceptors (Lipinski definition) is 4. The highest BCUT2D eigenvalue weighted by Gasteiger charge is 2.28. The van der Waals surface area contributed by atoms with Gasteiger partial charge in [0.2, 0.25) is 10.0 Å². The van der Waals surface area contributed by atoms with Gasteiger partial charge in [0, 0.05) is 26.2 Å². The van der Waals surface area contributed by atoms with E-state index in [1.807, 2.05) is 6.07 Å². The largest absolute Gasteiger partial charge is 0.314 e. The quantitative estimate of drug-likeness (QED) is 0.872. The van der Waals surface area contributed by atoms with Crippen LogP contribution in [0.5, 0.6) is 0 Å². The molecule has 0 saturated carbocycles. The Labute approximate surface area is 111 Å². The molecule has 0 atom stereocenters. The molecule has 0 unspecified atom stereocenters. The van der Waals surface area contributed by atoms with Gasteiger partial charge < -0.3 is 5.32 Å². The SMILES string of the molecule is N#Cc1ccc(Cl)c(S(=O)(=O)N2CCNCC2)c1. The summed E-state index contributed by atoms with van der Waals surface area (Å²) in [4.78, 5) is 0.00474. The standard InChI is InChI=1S/C11H12ClN3O2S/c12-10-2-1-9(8-13)7-11(10)18(16,17)15-5-3-14-4-6-15/h1-2,7,14H,3-6H2. The molecular formula is C11H12ClN3O2S. The number of nitrogens with zero attached hydrogens (tertiary/aromatic N) is 2. The van der Waals surface area contributed by atoms with E-state index in [-0.39, 0.29) is 15.5 Å². The van der Waals surface area contributed by atoms with Crippen molar-refractivity contribution >= 4 is 21.6 Å². The molecule has 1 aromatic carbocycles. The van der Waals surface area contributed by atoms with Crippen molar-refractivity contribution in [2.75, 3.05) is 26.2 Å². The molecular weight excluding hydrogens is 274 g/mol. The van der Waals surface area contributed by atoms with Gasteiger partial charge in [-0.2, -0.15) is 9.57 Å². The van der Waals surface area contributed by atoms with Crippen molar-refractivity contribution in [2.45, 2.75) is 4.90 Å². The first-order chi connectivity index (χ1) is 8.55. The summed E-state index contributed by atoms with van der Waals surface area (Å²) in [6, 6.07) is 6.17. The molecule has 7 heteroatoms. The summed E-state index contributed by atoms with van der Waals surface area (Å²) in [6.45, 7) is 2.06. The van der Waals surface area contributed by atoms with Crippen molar-refractivity contribution in [3.63, 3.8) is 0 Å². The van der Waals surface area contributed by atoms with Gasteiger partial charge in [-0.15, -0.1) is 0 Å². The van der Waals surface area contributed by atoms with Crippen molar-refractivity contribution in [1.29, 1.82) is 5.26 Å². The third-order valence-electron chi connectivity index (χ3n) is 2.75. The van der Waals surface area contributed by atoms with Crippen molar-refractivity contribution in [2.24, 2.45) is 0 Å². The van der Waals surface area contributed by atoms with Gasteiger partial charge in [0.25, 0.3) is 0 Å². The molecule has 0 spiro atoms. The van der Waals surface area contributed by atoms with E-state index in [9.17, 15) is 8.42 Å². The maximum Gasteiger partial charge on any atom is 0.244 e. The number of hydrogen-bond donors (Lipinski definition) is 1. The fourth-order valence-corrected chi connectivity index (χ4v) is 3.74. The van der Waals surface area contributed by atoms with Crippen LogP contribution in [0.15, 0.2) is 23.1 Å².